The van der Waals surface area contributed by atoms with Crippen LogP contribution in [0, 0.1) is 0 Å². The molecule has 0 aliphatic carbocycles. The van der Waals surface area contributed by atoms with Crippen LogP contribution in [0.5, 0.6) is 0 Å². The van der Waals surface area contributed by atoms with Crippen LogP contribution in [0.2, 0.25) is 5.04 Å². The van der Waals surface area contributed by atoms with Crippen molar-refractivity contribution in [3.8, 4) is 0 Å². The van der Waals surface area contributed by atoms with Gasteiger partial charge >= 0.3 is 11.6 Å². The summed E-state index contributed by atoms with van der Waals surface area (Å²) in [4.78, 5) is 15.9. The number of hydrogen-bond acceptors (Lipinski definition) is 6. The third-order valence-corrected chi connectivity index (χ3v) is 11.9. The van der Waals surface area contributed by atoms with Gasteiger partial charge in [0.15, 0.2) is 6.10 Å². The molecular formula is C27H31F2N3O4Si. The lowest BCUT2D eigenvalue weighted by atomic mass is 9.95. The molecule has 2 heterocycles. The Morgan fingerprint density at radius 2 is 1.68 bits per heavy atom. The van der Waals surface area contributed by atoms with E-state index < -0.39 is 49.5 Å². The molecule has 3 aromatic rings. The third kappa shape index (κ3) is 4.44. The van der Waals surface area contributed by atoms with Gasteiger partial charge in [0.25, 0.3) is 8.32 Å². The monoisotopic (exact) mass is 527 g/mol. The highest BCUT2D eigenvalue weighted by atomic mass is 28.4. The van der Waals surface area contributed by atoms with Crippen molar-refractivity contribution in [1.29, 1.82) is 0 Å². The first kappa shape index (κ1) is 26.9. The molecule has 37 heavy (non-hydrogen) atoms. The molecular weight excluding hydrogens is 496 g/mol. The molecule has 1 aliphatic heterocycles. The Morgan fingerprint density at radius 1 is 1.14 bits per heavy atom. The third-order valence-electron chi connectivity index (χ3n) is 6.87. The van der Waals surface area contributed by atoms with Gasteiger partial charge in [0.1, 0.15) is 11.4 Å². The Morgan fingerprint density at radius 3 is 2.14 bits per heavy atom. The van der Waals surface area contributed by atoms with Crippen molar-refractivity contribution in [2.24, 2.45) is 0 Å². The number of halogens is 2. The van der Waals surface area contributed by atoms with Gasteiger partial charge in [0.2, 0.25) is 6.23 Å². The summed E-state index contributed by atoms with van der Waals surface area (Å²) in [5.74, 6) is -3.97. The van der Waals surface area contributed by atoms with Crippen LogP contribution < -0.4 is 21.8 Å². The average molecular weight is 528 g/mol. The number of aromatic nitrogens is 2. The van der Waals surface area contributed by atoms with E-state index in [1.54, 1.807) is 0 Å². The lowest BCUT2D eigenvalue weighted by Gasteiger charge is -2.45. The minimum absolute atomic E-state index is 0.117. The van der Waals surface area contributed by atoms with E-state index in [9.17, 15) is 9.90 Å². The molecule has 0 bridgehead atoms. The molecule has 0 unspecified atom stereocenters. The first-order valence-corrected chi connectivity index (χ1v) is 13.8. The number of rotatable bonds is 7. The normalized spacial score (nSPS) is 23.6. The number of nitrogen functional groups attached to an aromatic ring is 1. The number of alkyl halides is 2. The van der Waals surface area contributed by atoms with Crippen molar-refractivity contribution >= 4 is 24.5 Å². The van der Waals surface area contributed by atoms with Crippen molar-refractivity contribution in [1.82, 2.24) is 9.55 Å². The fraction of sp³-hybridized carbons (Fsp3) is 0.333. The zero-order chi connectivity index (χ0) is 27.1. The largest absolute Gasteiger partial charge is 0.404 e. The number of nitrogens with two attached hydrogens (primary N) is 1. The summed E-state index contributed by atoms with van der Waals surface area (Å²) in [5, 5.41) is 12.3. The molecule has 3 atom stereocenters. The molecule has 1 fully saturated rings. The topological polar surface area (TPSA) is 99.6 Å². The fourth-order valence-electron chi connectivity index (χ4n) is 4.97. The molecule has 196 valence electrons. The lowest BCUT2D eigenvalue weighted by Crippen LogP contribution is -2.68. The van der Waals surface area contributed by atoms with E-state index >= 15 is 8.78 Å². The van der Waals surface area contributed by atoms with Crippen molar-refractivity contribution in [2.45, 2.75) is 49.7 Å². The van der Waals surface area contributed by atoms with Gasteiger partial charge < -0.3 is 20.0 Å². The highest BCUT2D eigenvalue weighted by Crippen LogP contribution is 2.49. The average Bonchev–Trinajstić information content (AvgIpc) is 3.06. The van der Waals surface area contributed by atoms with E-state index in [0.29, 0.717) is 4.57 Å². The second-order valence-corrected chi connectivity index (χ2v) is 14.5. The van der Waals surface area contributed by atoms with Crippen molar-refractivity contribution < 1.29 is 23.1 Å². The van der Waals surface area contributed by atoms with E-state index in [-0.39, 0.29) is 5.82 Å². The highest BCUT2D eigenvalue weighted by Gasteiger charge is 2.67. The molecule has 1 saturated heterocycles. The molecule has 0 amide bonds. The van der Waals surface area contributed by atoms with E-state index in [1.807, 2.05) is 81.4 Å². The van der Waals surface area contributed by atoms with Gasteiger partial charge in [-0.05, 0) is 21.5 Å². The van der Waals surface area contributed by atoms with Gasteiger partial charge in [0, 0.05) is 6.20 Å². The fourth-order valence-corrected chi connectivity index (χ4v) is 9.57. The maximum atomic E-state index is 15.5. The van der Waals surface area contributed by atoms with Gasteiger partial charge in [-0.25, -0.2) is 4.79 Å². The molecule has 4 rings (SSSR count). The van der Waals surface area contributed by atoms with Crippen LogP contribution in [-0.2, 0) is 9.16 Å². The molecule has 7 nitrogen and oxygen atoms in total. The summed E-state index contributed by atoms with van der Waals surface area (Å²) in [5.41, 5.74) is 2.48. The molecule has 2 aromatic carbocycles. The SMILES string of the molecule is C=C[C@]1(CO[Si](c2ccccc2)(c2ccccc2)C(C)(C)C)O[C@@H](n2ccc(N)nc2=O)C(F)(F)[C@@H]1O. The predicted octanol–water partition coefficient (Wildman–Crippen LogP) is 2.85. The zero-order valence-corrected chi connectivity index (χ0v) is 22.0. The summed E-state index contributed by atoms with van der Waals surface area (Å²) >= 11 is 0. The van der Waals surface area contributed by atoms with Crippen LogP contribution in [-0.4, -0.2) is 47.2 Å². The summed E-state index contributed by atoms with van der Waals surface area (Å²) in [7, 11) is -3.16. The Hall–Kier alpha value is -3.18. The second-order valence-electron chi connectivity index (χ2n) is 10.2. The standard InChI is InChI=1S/C27H31F2N3O4Si/c1-5-26(22(33)27(28,29)23(36-26)32-17-16-21(30)31-24(32)34)18-35-37(25(2,3)4,19-12-8-6-9-13-19)20-14-10-7-11-15-20/h5-17,22-23,33H,1,18H2,2-4H3,(H2,30,31,34)/t22-,23-,26-/m1/s1. The number of benzene rings is 2. The minimum atomic E-state index is -3.86. The van der Waals surface area contributed by atoms with Crippen LogP contribution in [0.25, 0.3) is 0 Å². The lowest BCUT2D eigenvalue weighted by molar-refractivity contribution is -0.142. The Balaban J connectivity index is 1.80. The maximum absolute atomic E-state index is 15.5. The highest BCUT2D eigenvalue weighted by molar-refractivity contribution is 6.99. The Kier molecular flexibility index (Phi) is 6.97. The van der Waals surface area contributed by atoms with E-state index in [1.165, 1.54) is 6.07 Å². The zero-order valence-electron chi connectivity index (χ0n) is 21.0. The van der Waals surface area contributed by atoms with Gasteiger partial charge in [-0.2, -0.15) is 13.8 Å². The Bertz CT molecular complexity index is 1270. The van der Waals surface area contributed by atoms with Crippen molar-refractivity contribution in [3.05, 3.63) is 96.1 Å². The van der Waals surface area contributed by atoms with Crippen molar-refractivity contribution in [3.63, 3.8) is 0 Å². The summed E-state index contributed by atoms with van der Waals surface area (Å²) in [6.07, 6.45) is -2.29. The number of aliphatic hydroxyl groups is 1. The quantitative estimate of drug-likeness (QED) is 0.362. The summed E-state index contributed by atoms with van der Waals surface area (Å²) in [6, 6.07) is 20.5. The smallest absolute Gasteiger partial charge is 0.351 e. The van der Waals surface area contributed by atoms with Crippen molar-refractivity contribution in [2.75, 3.05) is 12.3 Å². The minimum Gasteiger partial charge on any atom is -0.404 e. The molecule has 0 spiro atoms. The number of anilines is 1. The molecule has 1 aromatic heterocycles. The molecule has 0 saturated carbocycles. The van der Waals surface area contributed by atoms with Gasteiger partial charge in [0.05, 0.1) is 6.61 Å². The number of aliphatic hydroxyl groups excluding tert-OH is 1. The van der Waals surface area contributed by atoms with Crippen LogP contribution in [0.1, 0.15) is 27.0 Å². The van der Waals surface area contributed by atoms with Crippen LogP contribution in [0.3, 0.4) is 0 Å². The molecule has 0 radical (unpaired) electrons. The Labute approximate surface area is 215 Å². The van der Waals surface area contributed by atoms with Gasteiger partial charge in [-0.15, -0.1) is 6.58 Å². The van der Waals surface area contributed by atoms with E-state index in [4.69, 9.17) is 14.9 Å². The predicted molar refractivity (Wildman–Crippen MR) is 140 cm³/mol. The summed E-state index contributed by atoms with van der Waals surface area (Å²) < 4.78 is 44.1. The van der Waals surface area contributed by atoms with Gasteiger partial charge in [-0.1, -0.05) is 87.5 Å². The number of nitrogens with zero attached hydrogens (tertiary/aromatic N) is 2. The summed E-state index contributed by atoms with van der Waals surface area (Å²) in [6.45, 7) is 9.41. The molecule has 1 aliphatic rings. The molecule has 10 heteroatoms. The maximum Gasteiger partial charge on any atom is 0.351 e. The van der Waals surface area contributed by atoms with Crippen LogP contribution in [0.4, 0.5) is 14.6 Å². The molecule has 3 N–H and O–H groups in total. The first-order valence-electron chi connectivity index (χ1n) is 11.9. The van der Waals surface area contributed by atoms with Crippen LogP contribution in [0.15, 0.2) is 90.4 Å². The van der Waals surface area contributed by atoms with Crippen LogP contribution >= 0.6 is 0 Å². The second kappa shape index (κ2) is 9.60. The number of hydrogen-bond donors (Lipinski definition) is 2. The van der Waals surface area contributed by atoms with E-state index in [0.717, 1.165) is 22.6 Å². The van der Waals surface area contributed by atoms with Gasteiger partial charge in [-0.3, -0.25) is 4.57 Å². The number of ether oxygens (including phenoxy) is 1. The first-order chi connectivity index (χ1) is 17.4. The van der Waals surface area contributed by atoms with E-state index in [2.05, 4.69) is 11.6 Å².